The lowest BCUT2D eigenvalue weighted by atomic mass is 10.1. The SMILES string of the molecule is CCNC(=O)CCN1C(=O)CS[C@H]1c1ccc(C)cc1. The third kappa shape index (κ3) is 3.54. The second-order valence-electron chi connectivity index (χ2n) is 4.86. The molecule has 2 amide bonds. The molecular weight excluding hydrogens is 272 g/mol. The number of nitrogens with zero attached hydrogens (tertiary/aromatic N) is 1. The molecule has 0 bridgehead atoms. The molecule has 108 valence electrons. The van der Waals surface area contributed by atoms with Crippen LogP contribution in [0.15, 0.2) is 24.3 Å². The summed E-state index contributed by atoms with van der Waals surface area (Å²) >= 11 is 1.63. The Bertz CT molecular complexity index is 487. The van der Waals surface area contributed by atoms with E-state index in [0.717, 1.165) is 5.56 Å². The highest BCUT2D eigenvalue weighted by atomic mass is 32.2. The van der Waals surface area contributed by atoms with E-state index in [1.54, 1.807) is 11.8 Å². The maximum absolute atomic E-state index is 12.0. The Morgan fingerprint density at radius 3 is 2.75 bits per heavy atom. The Labute approximate surface area is 123 Å². The predicted molar refractivity (Wildman–Crippen MR) is 81.4 cm³/mol. The van der Waals surface area contributed by atoms with Crippen LogP contribution in [0.3, 0.4) is 0 Å². The number of nitrogens with one attached hydrogen (secondary N) is 1. The van der Waals surface area contributed by atoms with E-state index < -0.39 is 0 Å². The van der Waals surface area contributed by atoms with Gasteiger partial charge in [0.25, 0.3) is 0 Å². The summed E-state index contributed by atoms with van der Waals surface area (Å²) in [7, 11) is 0. The summed E-state index contributed by atoms with van der Waals surface area (Å²) in [5.74, 6) is 0.609. The summed E-state index contributed by atoms with van der Waals surface area (Å²) in [6, 6.07) is 8.23. The van der Waals surface area contributed by atoms with Crippen LogP contribution in [0.5, 0.6) is 0 Å². The van der Waals surface area contributed by atoms with Crippen molar-refractivity contribution in [2.75, 3.05) is 18.8 Å². The molecule has 2 rings (SSSR count). The van der Waals surface area contributed by atoms with Crippen molar-refractivity contribution < 1.29 is 9.59 Å². The molecule has 1 saturated heterocycles. The minimum atomic E-state index is -0.000133. The van der Waals surface area contributed by atoms with Crippen molar-refractivity contribution in [1.29, 1.82) is 0 Å². The Hall–Kier alpha value is -1.49. The van der Waals surface area contributed by atoms with Crippen LogP contribution in [0, 0.1) is 6.92 Å². The summed E-state index contributed by atoms with van der Waals surface area (Å²) in [6.07, 6.45) is 0.364. The Balaban J connectivity index is 2.03. The van der Waals surface area contributed by atoms with Gasteiger partial charge in [-0.2, -0.15) is 0 Å². The number of thioether (sulfide) groups is 1. The molecule has 0 aromatic heterocycles. The van der Waals surface area contributed by atoms with Crippen LogP contribution in [-0.2, 0) is 9.59 Å². The predicted octanol–water partition coefficient (Wildman–Crippen LogP) is 2.10. The van der Waals surface area contributed by atoms with Gasteiger partial charge in [-0.1, -0.05) is 29.8 Å². The van der Waals surface area contributed by atoms with Gasteiger partial charge in [-0.25, -0.2) is 0 Å². The van der Waals surface area contributed by atoms with Crippen LogP contribution in [0.1, 0.15) is 29.8 Å². The molecule has 1 aromatic carbocycles. The van der Waals surface area contributed by atoms with Crippen LogP contribution in [-0.4, -0.2) is 35.6 Å². The molecule has 0 saturated carbocycles. The summed E-state index contributed by atoms with van der Waals surface area (Å²) in [6.45, 7) is 5.05. The first kappa shape index (κ1) is 14.9. The summed E-state index contributed by atoms with van der Waals surface area (Å²) < 4.78 is 0. The molecule has 0 aliphatic carbocycles. The Morgan fingerprint density at radius 1 is 1.40 bits per heavy atom. The van der Waals surface area contributed by atoms with Crippen LogP contribution >= 0.6 is 11.8 Å². The lowest BCUT2D eigenvalue weighted by Gasteiger charge is -2.24. The average molecular weight is 292 g/mol. The third-order valence-corrected chi connectivity index (χ3v) is 4.54. The van der Waals surface area contributed by atoms with Gasteiger partial charge in [0, 0.05) is 19.5 Å². The highest BCUT2D eigenvalue weighted by Gasteiger charge is 2.32. The van der Waals surface area contributed by atoms with Gasteiger partial charge in [-0.15, -0.1) is 11.8 Å². The van der Waals surface area contributed by atoms with E-state index in [4.69, 9.17) is 0 Å². The van der Waals surface area contributed by atoms with E-state index >= 15 is 0 Å². The van der Waals surface area contributed by atoms with Gasteiger partial charge in [-0.05, 0) is 19.4 Å². The van der Waals surface area contributed by atoms with Crippen molar-refractivity contribution in [2.45, 2.75) is 25.6 Å². The van der Waals surface area contributed by atoms with Gasteiger partial charge in [0.2, 0.25) is 11.8 Å². The maximum atomic E-state index is 12.0. The van der Waals surface area contributed by atoms with E-state index in [1.807, 2.05) is 18.7 Å². The van der Waals surface area contributed by atoms with Crippen molar-refractivity contribution in [3.63, 3.8) is 0 Å². The number of aryl methyl sites for hydroxylation is 1. The van der Waals surface area contributed by atoms with Crippen molar-refractivity contribution in [2.24, 2.45) is 0 Å². The maximum Gasteiger partial charge on any atom is 0.233 e. The van der Waals surface area contributed by atoms with Gasteiger partial charge in [0.15, 0.2) is 0 Å². The zero-order chi connectivity index (χ0) is 14.5. The van der Waals surface area contributed by atoms with Crippen LogP contribution < -0.4 is 5.32 Å². The summed E-state index contributed by atoms with van der Waals surface area (Å²) in [5, 5.41) is 2.80. The fraction of sp³-hybridized carbons (Fsp3) is 0.467. The van der Waals surface area contributed by atoms with E-state index in [9.17, 15) is 9.59 Å². The molecule has 20 heavy (non-hydrogen) atoms. The second kappa shape index (κ2) is 6.79. The molecule has 1 aromatic rings. The molecule has 1 N–H and O–H groups in total. The zero-order valence-electron chi connectivity index (χ0n) is 11.9. The molecule has 1 heterocycles. The smallest absolute Gasteiger partial charge is 0.233 e. The van der Waals surface area contributed by atoms with Crippen LogP contribution in [0.25, 0.3) is 0 Å². The quantitative estimate of drug-likeness (QED) is 0.904. The van der Waals surface area contributed by atoms with Crippen LogP contribution in [0.4, 0.5) is 0 Å². The number of hydrogen-bond acceptors (Lipinski definition) is 3. The van der Waals surface area contributed by atoms with Gasteiger partial charge >= 0.3 is 0 Å². The summed E-state index contributed by atoms with van der Waals surface area (Å²) in [5.41, 5.74) is 2.33. The van der Waals surface area contributed by atoms with Crippen molar-refractivity contribution >= 4 is 23.6 Å². The largest absolute Gasteiger partial charge is 0.356 e. The summed E-state index contributed by atoms with van der Waals surface area (Å²) in [4.78, 5) is 25.3. The van der Waals surface area contributed by atoms with Gasteiger partial charge < -0.3 is 10.2 Å². The topological polar surface area (TPSA) is 49.4 Å². The standard InChI is InChI=1S/C15H20N2O2S/c1-3-16-13(18)8-9-17-14(19)10-20-15(17)12-6-4-11(2)5-7-12/h4-7,15H,3,8-10H2,1-2H3,(H,16,18)/t15-/m0/s1. The number of amides is 2. The number of carbonyl (C=O) groups excluding carboxylic acids is 2. The fourth-order valence-corrected chi connectivity index (χ4v) is 3.43. The number of benzene rings is 1. The third-order valence-electron chi connectivity index (χ3n) is 3.28. The molecule has 0 spiro atoms. The van der Waals surface area contributed by atoms with Crippen molar-refractivity contribution in [3.8, 4) is 0 Å². The van der Waals surface area contributed by atoms with E-state index in [1.165, 1.54) is 5.56 Å². The minimum Gasteiger partial charge on any atom is -0.356 e. The average Bonchev–Trinajstić information content (AvgIpc) is 2.79. The first-order chi connectivity index (χ1) is 9.61. The number of hydrogen-bond donors (Lipinski definition) is 1. The van der Waals surface area contributed by atoms with Crippen molar-refractivity contribution in [1.82, 2.24) is 10.2 Å². The van der Waals surface area contributed by atoms with Gasteiger partial charge in [-0.3, -0.25) is 9.59 Å². The number of rotatable bonds is 5. The molecule has 0 radical (unpaired) electrons. The van der Waals surface area contributed by atoms with E-state index in [-0.39, 0.29) is 17.2 Å². The molecular formula is C15H20N2O2S. The monoisotopic (exact) mass is 292 g/mol. The highest BCUT2D eigenvalue weighted by Crippen LogP contribution is 2.38. The van der Waals surface area contributed by atoms with Gasteiger partial charge in [0.05, 0.1) is 5.75 Å². The molecule has 1 aliphatic rings. The second-order valence-corrected chi connectivity index (χ2v) is 5.93. The Morgan fingerprint density at radius 2 is 2.10 bits per heavy atom. The first-order valence-corrected chi connectivity index (χ1v) is 7.91. The molecule has 4 nitrogen and oxygen atoms in total. The molecule has 0 unspecified atom stereocenters. The zero-order valence-corrected chi connectivity index (χ0v) is 12.7. The van der Waals surface area contributed by atoms with E-state index in [0.29, 0.717) is 25.3 Å². The molecule has 1 aliphatic heterocycles. The number of carbonyl (C=O) groups is 2. The Kier molecular flexibility index (Phi) is 5.06. The molecule has 5 heteroatoms. The first-order valence-electron chi connectivity index (χ1n) is 6.86. The highest BCUT2D eigenvalue weighted by molar-refractivity contribution is 8.00. The molecule has 1 atom stereocenters. The lowest BCUT2D eigenvalue weighted by molar-refractivity contribution is -0.129. The minimum absolute atomic E-state index is 0.000133. The van der Waals surface area contributed by atoms with Crippen molar-refractivity contribution in [3.05, 3.63) is 35.4 Å². The van der Waals surface area contributed by atoms with Crippen LogP contribution in [0.2, 0.25) is 0 Å². The normalized spacial score (nSPS) is 18.4. The van der Waals surface area contributed by atoms with Gasteiger partial charge in [0.1, 0.15) is 5.37 Å². The molecule has 1 fully saturated rings. The lowest BCUT2D eigenvalue weighted by Crippen LogP contribution is -2.33. The van der Waals surface area contributed by atoms with E-state index in [2.05, 4.69) is 29.6 Å². The fourth-order valence-electron chi connectivity index (χ4n) is 2.21.